The topological polar surface area (TPSA) is 92.8 Å². The van der Waals surface area contributed by atoms with Crippen LogP contribution >= 0.6 is 0 Å². The third-order valence-corrected chi connectivity index (χ3v) is 7.07. The summed E-state index contributed by atoms with van der Waals surface area (Å²) in [5.74, 6) is 1.78. The van der Waals surface area contributed by atoms with E-state index >= 15 is 0 Å². The van der Waals surface area contributed by atoms with Crippen molar-refractivity contribution in [1.29, 1.82) is 0 Å². The molecule has 1 aromatic carbocycles. The van der Waals surface area contributed by atoms with E-state index in [9.17, 15) is 13.2 Å². The van der Waals surface area contributed by atoms with Gasteiger partial charge in [-0.05, 0) is 31.4 Å². The lowest BCUT2D eigenvalue weighted by Crippen LogP contribution is -2.05. The Hall–Kier alpha value is -4.48. The predicted octanol–water partition coefficient (Wildman–Crippen LogP) is 5.62. The Labute approximate surface area is 227 Å². The number of hydrogen-bond acceptors (Lipinski definition) is 7. The van der Waals surface area contributed by atoms with Crippen LogP contribution in [0, 0.1) is 6.92 Å². The van der Waals surface area contributed by atoms with Crippen molar-refractivity contribution >= 4 is 11.0 Å². The van der Waals surface area contributed by atoms with E-state index in [0.29, 0.717) is 40.3 Å². The number of aromatic nitrogens is 7. The normalized spacial score (nSPS) is 13.7. The molecule has 1 saturated carbocycles. The number of hydrogen-bond donors (Lipinski definition) is 0. The molecular formula is C28H26F3N7O2. The average Bonchev–Trinajstić information content (AvgIpc) is 3.65. The Balaban J connectivity index is 1.33. The summed E-state index contributed by atoms with van der Waals surface area (Å²) < 4.78 is 54.4. The van der Waals surface area contributed by atoms with Crippen LogP contribution in [0.2, 0.25) is 0 Å². The summed E-state index contributed by atoms with van der Waals surface area (Å²) in [6, 6.07) is 9.02. The molecule has 0 N–H and O–H groups in total. The zero-order valence-electron chi connectivity index (χ0n) is 22.3. The second-order valence-corrected chi connectivity index (χ2v) is 9.90. The van der Waals surface area contributed by atoms with E-state index in [-0.39, 0.29) is 12.4 Å². The van der Waals surface area contributed by atoms with Gasteiger partial charge in [-0.3, -0.25) is 0 Å². The first-order chi connectivity index (χ1) is 19.1. The number of rotatable bonds is 7. The highest BCUT2D eigenvalue weighted by Gasteiger charge is 2.35. The minimum atomic E-state index is -4.50. The Bertz CT molecular complexity index is 1720. The molecule has 0 atom stereocenters. The van der Waals surface area contributed by atoms with Crippen molar-refractivity contribution < 1.29 is 22.6 Å². The van der Waals surface area contributed by atoms with Crippen molar-refractivity contribution in [3.63, 3.8) is 0 Å². The maximum Gasteiger partial charge on any atom is 0.434 e. The van der Waals surface area contributed by atoms with E-state index in [1.54, 1.807) is 31.4 Å². The first-order valence-corrected chi connectivity index (χ1v) is 12.7. The molecular weight excluding hydrogens is 523 g/mol. The van der Waals surface area contributed by atoms with Crippen molar-refractivity contribution in [3.05, 3.63) is 65.5 Å². The smallest absolute Gasteiger partial charge is 0.434 e. The molecule has 1 fully saturated rings. The SMILES string of the molecule is COc1ncnc(C2CC2)c1-c1nc(OCc2ccc(-c3nc(C(F)(F)F)cn3C)cc2)c2cc(C)n(C)c2n1. The number of methoxy groups -OCH3 is 1. The summed E-state index contributed by atoms with van der Waals surface area (Å²) >= 11 is 0. The van der Waals surface area contributed by atoms with E-state index < -0.39 is 11.9 Å². The zero-order chi connectivity index (χ0) is 28.2. The van der Waals surface area contributed by atoms with Gasteiger partial charge in [-0.1, -0.05) is 24.3 Å². The number of benzene rings is 1. The van der Waals surface area contributed by atoms with E-state index in [4.69, 9.17) is 19.4 Å². The maximum atomic E-state index is 13.1. The van der Waals surface area contributed by atoms with Crippen LogP contribution in [0.15, 0.2) is 42.9 Å². The van der Waals surface area contributed by atoms with Crippen LogP contribution in [0.4, 0.5) is 13.2 Å². The molecule has 4 aromatic heterocycles. The summed E-state index contributed by atoms with van der Waals surface area (Å²) in [6.45, 7) is 2.17. The molecule has 1 aliphatic carbocycles. The van der Waals surface area contributed by atoms with Gasteiger partial charge in [-0.2, -0.15) is 18.2 Å². The summed E-state index contributed by atoms with van der Waals surface area (Å²) in [6.07, 6.45) is 0.0446. The van der Waals surface area contributed by atoms with Gasteiger partial charge in [0.15, 0.2) is 11.5 Å². The van der Waals surface area contributed by atoms with Gasteiger partial charge in [0.25, 0.3) is 0 Å². The first-order valence-electron chi connectivity index (χ1n) is 12.7. The summed E-state index contributed by atoms with van der Waals surface area (Å²) in [5, 5.41) is 0.761. The van der Waals surface area contributed by atoms with Crippen molar-refractivity contribution in [3.8, 4) is 34.5 Å². The number of imidazole rings is 1. The number of ether oxygens (including phenoxy) is 2. The van der Waals surface area contributed by atoms with E-state index in [1.165, 1.54) is 17.9 Å². The highest BCUT2D eigenvalue weighted by Crippen LogP contribution is 2.45. The molecule has 5 aromatic rings. The van der Waals surface area contributed by atoms with Crippen molar-refractivity contribution in [2.75, 3.05) is 7.11 Å². The van der Waals surface area contributed by atoms with Crippen LogP contribution in [0.3, 0.4) is 0 Å². The third-order valence-electron chi connectivity index (χ3n) is 7.07. The molecule has 0 aliphatic heterocycles. The van der Waals surface area contributed by atoms with Crippen molar-refractivity contribution in [2.24, 2.45) is 14.1 Å². The van der Waals surface area contributed by atoms with Crippen LogP contribution in [-0.4, -0.2) is 41.2 Å². The fourth-order valence-corrected chi connectivity index (χ4v) is 4.70. The maximum absolute atomic E-state index is 13.1. The molecule has 0 saturated heterocycles. The second kappa shape index (κ2) is 9.61. The van der Waals surface area contributed by atoms with Crippen LogP contribution in [0.25, 0.3) is 33.8 Å². The molecule has 0 unspecified atom stereocenters. The molecule has 12 heteroatoms. The number of aryl methyl sites for hydroxylation is 3. The molecule has 4 heterocycles. The van der Waals surface area contributed by atoms with Gasteiger partial charge in [0.05, 0.1) is 18.2 Å². The van der Waals surface area contributed by atoms with Gasteiger partial charge < -0.3 is 18.6 Å². The second-order valence-electron chi connectivity index (χ2n) is 9.90. The van der Waals surface area contributed by atoms with E-state index in [2.05, 4.69) is 15.0 Å². The Morgan fingerprint density at radius 2 is 1.75 bits per heavy atom. The Morgan fingerprint density at radius 1 is 1.00 bits per heavy atom. The molecule has 0 spiro atoms. The van der Waals surface area contributed by atoms with Crippen molar-refractivity contribution in [1.82, 2.24) is 34.1 Å². The molecule has 0 bridgehead atoms. The number of fused-ring (bicyclic) bond motifs is 1. The fraction of sp³-hybridized carbons (Fsp3) is 0.321. The first kappa shape index (κ1) is 25.8. The lowest BCUT2D eigenvalue weighted by molar-refractivity contribution is -0.140. The number of nitrogens with zero attached hydrogens (tertiary/aromatic N) is 7. The summed E-state index contributed by atoms with van der Waals surface area (Å²) in [7, 11) is 5.03. The largest absolute Gasteiger partial charge is 0.480 e. The fourth-order valence-electron chi connectivity index (χ4n) is 4.70. The van der Waals surface area contributed by atoms with E-state index in [0.717, 1.165) is 41.4 Å². The minimum absolute atomic E-state index is 0.187. The third kappa shape index (κ3) is 4.63. The summed E-state index contributed by atoms with van der Waals surface area (Å²) in [4.78, 5) is 22.2. The molecule has 0 amide bonds. The molecule has 9 nitrogen and oxygen atoms in total. The van der Waals surface area contributed by atoms with Gasteiger partial charge in [0.1, 0.15) is 30.0 Å². The highest BCUT2D eigenvalue weighted by atomic mass is 19.4. The van der Waals surface area contributed by atoms with Gasteiger partial charge in [0.2, 0.25) is 11.8 Å². The Morgan fingerprint density at radius 3 is 2.40 bits per heavy atom. The molecule has 40 heavy (non-hydrogen) atoms. The number of halogens is 3. The predicted molar refractivity (Wildman–Crippen MR) is 141 cm³/mol. The molecule has 0 radical (unpaired) electrons. The van der Waals surface area contributed by atoms with Crippen molar-refractivity contribution in [2.45, 2.75) is 38.5 Å². The lowest BCUT2D eigenvalue weighted by atomic mass is 10.1. The average molecular weight is 550 g/mol. The van der Waals surface area contributed by atoms with Crippen LogP contribution in [-0.2, 0) is 26.9 Å². The van der Waals surface area contributed by atoms with Crippen LogP contribution in [0.1, 0.15) is 41.4 Å². The van der Waals surface area contributed by atoms with Crippen LogP contribution < -0.4 is 9.47 Å². The monoisotopic (exact) mass is 549 g/mol. The Kier molecular flexibility index (Phi) is 6.20. The number of alkyl halides is 3. The van der Waals surface area contributed by atoms with Crippen LogP contribution in [0.5, 0.6) is 11.8 Å². The van der Waals surface area contributed by atoms with Gasteiger partial charge >= 0.3 is 6.18 Å². The minimum Gasteiger partial charge on any atom is -0.480 e. The van der Waals surface area contributed by atoms with Gasteiger partial charge in [-0.15, -0.1) is 0 Å². The highest BCUT2D eigenvalue weighted by molar-refractivity contribution is 5.85. The lowest BCUT2D eigenvalue weighted by Gasteiger charge is -2.13. The zero-order valence-corrected chi connectivity index (χ0v) is 22.3. The van der Waals surface area contributed by atoms with Gasteiger partial charge in [0, 0.05) is 37.5 Å². The molecule has 206 valence electrons. The van der Waals surface area contributed by atoms with E-state index in [1.807, 2.05) is 24.6 Å². The summed E-state index contributed by atoms with van der Waals surface area (Å²) in [5.41, 5.74) is 3.67. The molecule has 6 rings (SSSR count). The quantitative estimate of drug-likeness (QED) is 0.260. The molecule has 1 aliphatic rings. The standard InChI is InChI=1S/C28H26F3N7O2/c1-15-11-19-25(38(15)3)35-23(21-22(17-9-10-17)32-14-33-27(21)39-4)36-26(19)40-13-16-5-7-18(8-6-16)24-34-20(12-37(24)2)28(29,30)31/h5-8,11-12,14,17H,9-10,13H2,1-4H3. The van der Waals surface area contributed by atoms with Gasteiger partial charge in [-0.25, -0.2) is 19.9 Å².